The van der Waals surface area contributed by atoms with Gasteiger partial charge in [-0.15, -0.1) is 0 Å². The fourth-order valence-corrected chi connectivity index (χ4v) is 5.44. The third kappa shape index (κ3) is 6.07. The molecule has 1 saturated carbocycles. The maximum Gasteiger partial charge on any atom is 0.233 e. The lowest BCUT2D eigenvalue weighted by Crippen LogP contribution is -2.50. The molecule has 0 aromatic carbocycles. The topological polar surface area (TPSA) is 37.4 Å². The SMILES string of the molecule is CCCCCCC(C)(CCCCCC)N1C(=O)C2CCCCCCCC2C1=O. The largest absolute Gasteiger partial charge is 0.276 e. The van der Waals surface area contributed by atoms with Gasteiger partial charge in [0.25, 0.3) is 0 Å². The first kappa shape index (κ1) is 23.4. The van der Waals surface area contributed by atoms with E-state index in [0.29, 0.717) is 0 Å². The highest BCUT2D eigenvalue weighted by molar-refractivity contribution is 6.05. The molecule has 2 aliphatic rings. The van der Waals surface area contributed by atoms with Crippen LogP contribution in [0.25, 0.3) is 0 Å². The van der Waals surface area contributed by atoms with E-state index in [4.69, 9.17) is 0 Å². The van der Waals surface area contributed by atoms with Gasteiger partial charge in [0.2, 0.25) is 11.8 Å². The number of hydrogen-bond donors (Lipinski definition) is 0. The zero-order valence-corrected chi connectivity index (χ0v) is 18.9. The standard InChI is InChI=1S/C25H45NO2/c1-4-6-8-15-19-25(3,20-16-9-7-5-2)26-23(27)21-17-13-11-10-12-14-18-22(21)24(26)28/h21-22H,4-20H2,1-3H3. The van der Waals surface area contributed by atoms with Crippen molar-refractivity contribution >= 4 is 11.8 Å². The predicted octanol–water partition coefficient (Wildman–Crippen LogP) is 7.03. The lowest BCUT2D eigenvalue weighted by Gasteiger charge is -2.38. The summed E-state index contributed by atoms with van der Waals surface area (Å²) in [7, 11) is 0. The van der Waals surface area contributed by atoms with Gasteiger partial charge in [-0.25, -0.2) is 0 Å². The first-order valence-electron chi connectivity index (χ1n) is 12.4. The second-order valence-electron chi connectivity index (χ2n) is 9.69. The van der Waals surface area contributed by atoms with Crippen LogP contribution in [0.1, 0.15) is 130 Å². The minimum Gasteiger partial charge on any atom is -0.276 e. The molecule has 0 N–H and O–H groups in total. The molecule has 0 aromatic rings. The molecule has 0 spiro atoms. The Morgan fingerprint density at radius 3 is 1.57 bits per heavy atom. The molecule has 28 heavy (non-hydrogen) atoms. The zero-order chi connectivity index (χ0) is 20.4. The fraction of sp³-hybridized carbons (Fsp3) is 0.920. The Kier molecular flexibility index (Phi) is 10.0. The first-order chi connectivity index (χ1) is 13.5. The Balaban J connectivity index is 2.14. The molecule has 2 unspecified atom stereocenters. The van der Waals surface area contributed by atoms with Gasteiger partial charge in [-0.1, -0.05) is 97.3 Å². The number of amides is 2. The van der Waals surface area contributed by atoms with Gasteiger partial charge < -0.3 is 0 Å². The molecule has 0 radical (unpaired) electrons. The number of likely N-dealkylation sites (tertiary alicyclic amines) is 1. The van der Waals surface area contributed by atoms with Crippen molar-refractivity contribution in [2.24, 2.45) is 11.8 Å². The van der Waals surface area contributed by atoms with Gasteiger partial charge in [-0.2, -0.15) is 0 Å². The highest BCUT2D eigenvalue weighted by Crippen LogP contribution is 2.42. The average Bonchev–Trinajstić information content (AvgIpc) is 2.99. The molecule has 1 aliphatic carbocycles. The van der Waals surface area contributed by atoms with Gasteiger partial charge in [-0.3, -0.25) is 14.5 Å². The van der Waals surface area contributed by atoms with Crippen LogP contribution in [0.15, 0.2) is 0 Å². The van der Waals surface area contributed by atoms with Crippen molar-refractivity contribution in [2.45, 2.75) is 135 Å². The van der Waals surface area contributed by atoms with Gasteiger partial charge in [-0.05, 0) is 32.6 Å². The number of unbranched alkanes of at least 4 members (excludes halogenated alkanes) is 6. The number of carbonyl (C=O) groups excluding carboxylic acids is 2. The normalized spacial score (nSPS) is 24.0. The highest BCUT2D eigenvalue weighted by atomic mass is 16.2. The number of hydrogen-bond acceptors (Lipinski definition) is 2. The predicted molar refractivity (Wildman–Crippen MR) is 117 cm³/mol. The first-order valence-corrected chi connectivity index (χ1v) is 12.4. The molecule has 2 fully saturated rings. The molecule has 0 aromatic heterocycles. The van der Waals surface area contributed by atoms with Crippen LogP contribution < -0.4 is 0 Å². The molecule has 2 atom stereocenters. The van der Waals surface area contributed by atoms with Crippen LogP contribution in [-0.2, 0) is 9.59 Å². The quantitative estimate of drug-likeness (QED) is 0.280. The number of imide groups is 1. The molecule has 1 aliphatic heterocycles. The maximum absolute atomic E-state index is 13.5. The lowest BCUT2D eigenvalue weighted by atomic mass is 9.86. The van der Waals surface area contributed by atoms with Crippen molar-refractivity contribution in [3.8, 4) is 0 Å². The number of carbonyl (C=O) groups is 2. The molecule has 1 heterocycles. The van der Waals surface area contributed by atoms with E-state index in [1.807, 2.05) is 0 Å². The fourth-order valence-electron chi connectivity index (χ4n) is 5.44. The van der Waals surface area contributed by atoms with E-state index in [1.165, 1.54) is 57.8 Å². The third-order valence-electron chi connectivity index (χ3n) is 7.27. The number of rotatable bonds is 11. The molecule has 1 saturated heterocycles. The number of fused-ring (bicyclic) bond motifs is 1. The van der Waals surface area contributed by atoms with Crippen LogP contribution in [0.2, 0.25) is 0 Å². The highest BCUT2D eigenvalue weighted by Gasteiger charge is 2.52. The van der Waals surface area contributed by atoms with Crippen molar-refractivity contribution in [1.82, 2.24) is 4.90 Å². The summed E-state index contributed by atoms with van der Waals surface area (Å²) in [5, 5.41) is 0. The summed E-state index contributed by atoms with van der Waals surface area (Å²) in [6, 6.07) is 0. The molecule has 162 valence electrons. The van der Waals surface area contributed by atoms with Crippen LogP contribution in [0.4, 0.5) is 0 Å². The molecular formula is C25H45NO2. The molecular weight excluding hydrogens is 346 g/mol. The van der Waals surface area contributed by atoms with E-state index in [1.54, 1.807) is 4.90 Å². The lowest BCUT2D eigenvalue weighted by molar-refractivity contribution is -0.147. The average molecular weight is 392 g/mol. The molecule has 2 rings (SSSR count). The summed E-state index contributed by atoms with van der Waals surface area (Å²) in [4.78, 5) is 28.7. The summed E-state index contributed by atoms with van der Waals surface area (Å²) in [6.07, 6.45) is 19.4. The van der Waals surface area contributed by atoms with E-state index in [-0.39, 0.29) is 29.2 Å². The third-order valence-corrected chi connectivity index (χ3v) is 7.27. The van der Waals surface area contributed by atoms with E-state index < -0.39 is 0 Å². The van der Waals surface area contributed by atoms with Crippen LogP contribution in [0.3, 0.4) is 0 Å². The van der Waals surface area contributed by atoms with Gasteiger partial charge in [0, 0.05) is 5.54 Å². The van der Waals surface area contributed by atoms with Crippen LogP contribution in [0, 0.1) is 11.8 Å². The Bertz CT molecular complexity index is 449. The zero-order valence-electron chi connectivity index (χ0n) is 18.9. The van der Waals surface area contributed by atoms with Crippen molar-refractivity contribution in [3.63, 3.8) is 0 Å². The van der Waals surface area contributed by atoms with Gasteiger partial charge in [0.15, 0.2) is 0 Å². The second kappa shape index (κ2) is 12.0. The van der Waals surface area contributed by atoms with E-state index >= 15 is 0 Å². The summed E-state index contributed by atoms with van der Waals surface area (Å²) < 4.78 is 0. The van der Waals surface area contributed by atoms with E-state index in [2.05, 4.69) is 20.8 Å². The summed E-state index contributed by atoms with van der Waals surface area (Å²) in [5.74, 6) is 0.281. The van der Waals surface area contributed by atoms with Gasteiger partial charge >= 0.3 is 0 Å². The smallest absolute Gasteiger partial charge is 0.233 e. The van der Waals surface area contributed by atoms with Crippen LogP contribution in [-0.4, -0.2) is 22.3 Å². The number of nitrogens with zero attached hydrogens (tertiary/aromatic N) is 1. The second-order valence-corrected chi connectivity index (χ2v) is 9.69. The van der Waals surface area contributed by atoms with Crippen molar-refractivity contribution in [1.29, 1.82) is 0 Å². The summed E-state index contributed by atoms with van der Waals surface area (Å²) in [5.41, 5.74) is -0.271. The Hall–Kier alpha value is -0.860. The van der Waals surface area contributed by atoms with Gasteiger partial charge in [0.05, 0.1) is 11.8 Å². The van der Waals surface area contributed by atoms with Crippen molar-refractivity contribution < 1.29 is 9.59 Å². The van der Waals surface area contributed by atoms with Crippen LogP contribution >= 0.6 is 0 Å². The summed E-state index contributed by atoms with van der Waals surface area (Å²) in [6.45, 7) is 6.68. The molecule has 0 bridgehead atoms. The monoisotopic (exact) mass is 391 g/mol. The molecule has 3 heteroatoms. The van der Waals surface area contributed by atoms with E-state index in [9.17, 15) is 9.59 Å². The molecule has 2 amide bonds. The maximum atomic E-state index is 13.5. The van der Waals surface area contributed by atoms with Crippen molar-refractivity contribution in [2.75, 3.05) is 0 Å². The Morgan fingerprint density at radius 1 is 0.714 bits per heavy atom. The molecule has 3 nitrogen and oxygen atoms in total. The van der Waals surface area contributed by atoms with E-state index in [0.717, 1.165) is 51.4 Å². The Labute approximate surface area is 174 Å². The minimum absolute atomic E-state index is 0.0313. The van der Waals surface area contributed by atoms with Crippen LogP contribution in [0.5, 0.6) is 0 Å². The minimum atomic E-state index is -0.271. The van der Waals surface area contributed by atoms with Crippen molar-refractivity contribution in [3.05, 3.63) is 0 Å². The Morgan fingerprint density at radius 2 is 1.14 bits per heavy atom. The summed E-state index contributed by atoms with van der Waals surface area (Å²) >= 11 is 0. The van der Waals surface area contributed by atoms with Gasteiger partial charge in [0.1, 0.15) is 0 Å².